The molecule has 0 atom stereocenters. The molecule has 0 saturated carbocycles. The van der Waals surface area contributed by atoms with Crippen LogP contribution < -0.4 is 5.32 Å². The van der Waals surface area contributed by atoms with Gasteiger partial charge in [-0.15, -0.1) is 0 Å². The van der Waals surface area contributed by atoms with Crippen molar-refractivity contribution in [2.45, 2.75) is 5.92 Å². The number of aliphatic hydroxyl groups is 1. The predicted molar refractivity (Wildman–Crippen MR) is 67.8 cm³/mol. The molecule has 0 bridgehead atoms. The van der Waals surface area contributed by atoms with E-state index >= 15 is 0 Å². The number of hydrogen-bond acceptors (Lipinski definition) is 4. The molecular weight excluding hydrogens is 308 g/mol. The molecule has 4 nitrogen and oxygen atoms in total. The third-order valence-electron chi connectivity index (χ3n) is 2.31. The minimum Gasteiger partial charge on any atom is -0.390 e. The van der Waals surface area contributed by atoms with Crippen molar-refractivity contribution in [1.29, 1.82) is 0 Å². The first-order valence-electron chi connectivity index (χ1n) is 5.15. The summed E-state index contributed by atoms with van der Waals surface area (Å²) in [5, 5.41) is 11.1. The second kappa shape index (κ2) is 5.11. The van der Waals surface area contributed by atoms with Crippen LogP contribution >= 0.6 is 15.9 Å². The monoisotopic (exact) mass is 317 g/mol. The van der Waals surface area contributed by atoms with Crippen LogP contribution in [0.15, 0.2) is 29.0 Å². The van der Waals surface area contributed by atoms with Crippen LogP contribution in [0.4, 0.5) is 14.5 Å². The topological polar surface area (TPSA) is 58.0 Å². The molecule has 2 aromatic heterocycles. The van der Waals surface area contributed by atoms with Gasteiger partial charge in [0.25, 0.3) is 5.92 Å². The maximum Gasteiger partial charge on any atom is 0.287 e. The molecule has 0 aromatic carbocycles. The molecule has 0 spiro atoms. The first kappa shape index (κ1) is 13.1. The molecule has 0 saturated heterocycles. The highest BCUT2D eigenvalue weighted by atomic mass is 79.9. The average Bonchev–Trinajstić information content (AvgIpc) is 2.36. The van der Waals surface area contributed by atoms with Crippen LogP contribution in [0.5, 0.6) is 0 Å². The number of anilines is 1. The zero-order valence-electron chi connectivity index (χ0n) is 9.20. The van der Waals surface area contributed by atoms with Crippen molar-refractivity contribution in [2.75, 3.05) is 18.5 Å². The molecule has 0 fully saturated rings. The minimum absolute atomic E-state index is 0.459. The van der Waals surface area contributed by atoms with Gasteiger partial charge in [-0.25, -0.2) is 8.78 Å². The summed E-state index contributed by atoms with van der Waals surface area (Å²) in [5.41, 5.74) is 1.57. The summed E-state index contributed by atoms with van der Waals surface area (Å²) in [5.74, 6) is -3.16. The summed E-state index contributed by atoms with van der Waals surface area (Å²) < 4.78 is 26.7. The lowest BCUT2D eigenvalue weighted by atomic mass is 10.2. The Balaban J connectivity index is 2.29. The van der Waals surface area contributed by atoms with Crippen LogP contribution in [0.2, 0.25) is 0 Å². The lowest BCUT2D eigenvalue weighted by molar-refractivity contribution is -0.0372. The van der Waals surface area contributed by atoms with Crippen LogP contribution in [0.1, 0.15) is 0 Å². The molecule has 96 valence electrons. The summed E-state index contributed by atoms with van der Waals surface area (Å²) in [6.45, 7) is -1.84. The second-order valence-electron chi connectivity index (χ2n) is 3.75. The minimum atomic E-state index is -3.16. The fourth-order valence-corrected chi connectivity index (χ4v) is 1.75. The van der Waals surface area contributed by atoms with Crippen molar-refractivity contribution < 1.29 is 13.9 Å². The van der Waals surface area contributed by atoms with E-state index in [1.807, 2.05) is 0 Å². The summed E-state index contributed by atoms with van der Waals surface area (Å²) in [4.78, 5) is 8.23. The third-order valence-corrected chi connectivity index (χ3v) is 2.75. The normalized spacial score (nSPS) is 11.8. The van der Waals surface area contributed by atoms with E-state index in [0.29, 0.717) is 16.7 Å². The lowest BCUT2D eigenvalue weighted by Gasteiger charge is -2.15. The molecule has 0 unspecified atom stereocenters. The van der Waals surface area contributed by atoms with Crippen LogP contribution in [0.25, 0.3) is 11.0 Å². The van der Waals surface area contributed by atoms with Gasteiger partial charge in [0.2, 0.25) is 0 Å². The van der Waals surface area contributed by atoms with Crippen LogP contribution in [-0.4, -0.2) is 34.1 Å². The van der Waals surface area contributed by atoms with E-state index in [1.54, 1.807) is 18.3 Å². The van der Waals surface area contributed by atoms with Crippen molar-refractivity contribution in [3.63, 3.8) is 0 Å². The fraction of sp³-hybridized carbons (Fsp3) is 0.273. The average molecular weight is 318 g/mol. The summed E-state index contributed by atoms with van der Waals surface area (Å²) in [7, 11) is 0. The van der Waals surface area contributed by atoms with E-state index in [0.717, 1.165) is 4.47 Å². The third kappa shape index (κ3) is 2.91. The molecule has 0 amide bonds. The number of alkyl halides is 2. The molecule has 0 aliphatic rings. The molecule has 2 N–H and O–H groups in total. The van der Waals surface area contributed by atoms with Gasteiger partial charge in [-0.3, -0.25) is 9.97 Å². The van der Waals surface area contributed by atoms with Crippen LogP contribution in [0.3, 0.4) is 0 Å². The number of aromatic nitrogens is 2. The molecule has 7 heteroatoms. The van der Waals surface area contributed by atoms with Gasteiger partial charge < -0.3 is 10.4 Å². The Morgan fingerprint density at radius 2 is 2.17 bits per heavy atom. The Bertz CT molecular complexity index is 565. The lowest BCUT2D eigenvalue weighted by Crippen LogP contribution is -2.31. The SMILES string of the molecule is OCC(F)(F)CNc1ccnc2cc(Br)cnc12. The number of nitrogens with zero attached hydrogens (tertiary/aromatic N) is 2. The van der Waals surface area contributed by atoms with Gasteiger partial charge >= 0.3 is 0 Å². The summed E-state index contributed by atoms with van der Waals surface area (Å²) in [6.07, 6.45) is 3.08. The predicted octanol–water partition coefficient (Wildman–Crippen LogP) is 2.43. The Morgan fingerprint density at radius 3 is 2.89 bits per heavy atom. The molecule has 0 aliphatic carbocycles. The largest absolute Gasteiger partial charge is 0.390 e. The number of hydrogen-bond donors (Lipinski definition) is 2. The van der Waals surface area contributed by atoms with Crippen molar-refractivity contribution >= 4 is 32.7 Å². The summed E-state index contributed by atoms with van der Waals surface area (Å²) >= 11 is 3.26. The second-order valence-corrected chi connectivity index (χ2v) is 4.66. The quantitative estimate of drug-likeness (QED) is 0.909. The highest BCUT2D eigenvalue weighted by Gasteiger charge is 2.27. The van der Waals surface area contributed by atoms with Gasteiger partial charge in [0.15, 0.2) is 0 Å². The van der Waals surface area contributed by atoms with E-state index in [9.17, 15) is 8.78 Å². The Kier molecular flexibility index (Phi) is 3.72. The van der Waals surface area contributed by atoms with E-state index in [4.69, 9.17) is 5.11 Å². The van der Waals surface area contributed by atoms with E-state index in [-0.39, 0.29) is 0 Å². The maximum atomic E-state index is 12.9. The van der Waals surface area contributed by atoms with Crippen molar-refractivity contribution in [2.24, 2.45) is 0 Å². The first-order valence-corrected chi connectivity index (χ1v) is 5.94. The van der Waals surface area contributed by atoms with Gasteiger partial charge in [0, 0.05) is 16.9 Å². The number of pyridine rings is 2. The standard InChI is InChI=1S/C11H10BrF2N3O/c12-7-3-9-10(16-4-7)8(1-2-15-9)17-5-11(13,14)6-18/h1-4,18H,5-6H2,(H,15,17). The zero-order valence-corrected chi connectivity index (χ0v) is 10.8. The van der Waals surface area contributed by atoms with Crippen LogP contribution in [-0.2, 0) is 0 Å². The van der Waals surface area contributed by atoms with Gasteiger partial charge in [-0.1, -0.05) is 0 Å². The van der Waals surface area contributed by atoms with Crippen LogP contribution in [0, 0.1) is 0 Å². The summed E-state index contributed by atoms with van der Waals surface area (Å²) in [6, 6.07) is 3.31. The molecule has 18 heavy (non-hydrogen) atoms. The molecule has 2 rings (SSSR count). The molecule has 2 aromatic rings. The Hall–Kier alpha value is -1.34. The van der Waals surface area contributed by atoms with Gasteiger partial charge in [0.1, 0.15) is 12.1 Å². The molecule has 0 aliphatic heterocycles. The number of halogens is 3. The van der Waals surface area contributed by atoms with E-state index in [2.05, 4.69) is 31.2 Å². The Morgan fingerprint density at radius 1 is 1.39 bits per heavy atom. The zero-order chi connectivity index (χ0) is 13.2. The molecule has 2 heterocycles. The first-order chi connectivity index (χ1) is 8.52. The number of aliphatic hydroxyl groups excluding tert-OH is 1. The van der Waals surface area contributed by atoms with Crippen molar-refractivity contribution in [1.82, 2.24) is 9.97 Å². The number of rotatable bonds is 4. The van der Waals surface area contributed by atoms with Crippen molar-refractivity contribution in [3.8, 4) is 0 Å². The van der Waals surface area contributed by atoms with Gasteiger partial charge in [-0.05, 0) is 28.1 Å². The van der Waals surface area contributed by atoms with Gasteiger partial charge in [-0.2, -0.15) is 0 Å². The highest BCUT2D eigenvalue weighted by molar-refractivity contribution is 9.10. The maximum absolute atomic E-state index is 12.9. The van der Waals surface area contributed by atoms with E-state index in [1.165, 1.54) is 6.20 Å². The fourth-order valence-electron chi connectivity index (χ4n) is 1.43. The number of nitrogens with one attached hydrogen (secondary N) is 1. The van der Waals surface area contributed by atoms with E-state index < -0.39 is 19.1 Å². The van der Waals surface area contributed by atoms with Crippen molar-refractivity contribution in [3.05, 3.63) is 29.0 Å². The molecule has 0 radical (unpaired) electrons. The number of fused-ring (bicyclic) bond motifs is 1. The smallest absolute Gasteiger partial charge is 0.287 e. The Labute approximate surface area is 110 Å². The van der Waals surface area contributed by atoms with Gasteiger partial charge in [0.05, 0.1) is 17.7 Å². The highest BCUT2D eigenvalue weighted by Crippen LogP contribution is 2.23. The molecular formula is C11H10BrF2N3O.